The number of rotatable bonds is 7. The molecule has 1 unspecified atom stereocenters. The molecule has 0 bridgehead atoms. The Balaban J connectivity index is 1.88. The Bertz CT molecular complexity index is 467. The molecule has 4 heteroatoms. The van der Waals surface area contributed by atoms with Crippen LogP contribution in [0.15, 0.2) is 22.7 Å². The zero-order valence-electron chi connectivity index (χ0n) is 12.6. The van der Waals surface area contributed by atoms with Gasteiger partial charge < -0.3 is 9.47 Å². The van der Waals surface area contributed by atoms with E-state index in [0.29, 0.717) is 13.0 Å². The Morgan fingerprint density at radius 1 is 1.43 bits per heavy atom. The molecule has 3 nitrogen and oxygen atoms in total. The van der Waals surface area contributed by atoms with Crippen LogP contribution in [-0.2, 0) is 4.74 Å². The molecule has 2 rings (SSSR count). The van der Waals surface area contributed by atoms with Crippen molar-refractivity contribution in [3.63, 3.8) is 0 Å². The molecular formula is C17H23BrO3. The number of halogens is 1. The molecule has 1 aromatic carbocycles. The second kappa shape index (κ2) is 8.54. The largest absolute Gasteiger partial charge is 0.492 e. The lowest BCUT2D eigenvalue weighted by atomic mass is 10.0. The lowest BCUT2D eigenvalue weighted by Gasteiger charge is -2.22. The molecule has 21 heavy (non-hydrogen) atoms. The summed E-state index contributed by atoms with van der Waals surface area (Å²) in [4.78, 5) is 12.2. The molecule has 0 radical (unpaired) electrons. The van der Waals surface area contributed by atoms with Crippen LogP contribution in [0.5, 0.6) is 5.75 Å². The Kier molecular flexibility index (Phi) is 6.71. The van der Waals surface area contributed by atoms with Gasteiger partial charge in [-0.3, -0.25) is 4.79 Å². The number of hydrogen-bond donors (Lipinski definition) is 0. The smallest absolute Gasteiger partial charge is 0.163 e. The first kappa shape index (κ1) is 16.5. The van der Waals surface area contributed by atoms with Gasteiger partial charge in [0, 0.05) is 18.6 Å². The molecular weight excluding hydrogens is 332 g/mol. The Labute approximate surface area is 135 Å². The highest BCUT2D eigenvalue weighted by molar-refractivity contribution is 9.10. The van der Waals surface area contributed by atoms with Crippen molar-refractivity contribution in [3.05, 3.63) is 28.2 Å². The number of ether oxygens (including phenoxy) is 2. The third kappa shape index (κ3) is 5.11. The molecule has 0 spiro atoms. The maximum atomic E-state index is 12.2. The first-order valence-corrected chi connectivity index (χ1v) is 8.57. The summed E-state index contributed by atoms with van der Waals surface area (Å²) >= 11 is 3.47. The maximum Gasteiger partial charge on any atom is 0.163 e. The molecule has 1 saturated heterocycles. The minimum absolute atomic E-state index is 0.173. The lowest BCUT2D eigenvalue weighted by molar-refractivity contribution is 0.0104. The van der Waals surface area contributed by atoms with E-state index in [1.54, 1.807) is 0 Å². The van der Waals surface area contributed by atoms with E-state index in [1.807, 2.05) is 18.2 Å². The molecule has 0 aromatic heterocycles. The molecule has 1 aromatic rings. The van der Waals surface area contributed by atoms with Crippen molar-refractivity contribution in [1.82, 2.24) is 0 Å². The summed E-state index contributed by atoms with van der Waals surface area (Å²) in [5.74, 6) is 0.968. The van der Waals surface area contributed by atoms with Gasteiger partial charge in [0.2, 0.25) is 0 Å². The SMILES string of the molecule is CCCOc1ccc(C(=O)CCC2CCCCO2)cc1Br. The molecule has 1 fully saturated rings. The Morgan fingerprint density at radius 2 is 2.29 bits per heavy atom. The minimum Gasteiger partial charge on any atom is -0.492 e. The first-order chi connectivity index (χ1) is 10.2. The van der Waals surface area contributed by atoms with Crippen LogP contribution in [0.3, 0.4) is 0 Å². The van der Waals surface area contributed by atoms with Crippen LogP contribution in [-0.4, -0.2) is 25.1 Å². The third-order valence-electron chi connectivity index (χ3n) is 3.68. The summed E-state index contributed by atoms with van der Waals surface area (Å²) in [7, 11) is 0. The number of hydrogen-bond acceptors (Lipinski definition) is 3. The molecule has 1 atom stereocenters. The summed E-state index contributed by atoms with van der Waals surface area (Å²) in [5, 5.41) is 0. The fourth-order valence-electron chi connectivity index (χ4n) is 2.47. The fraction of sp³-hybridized carbons (Fsp3) is 0.588. The number of ketones is 1. The van der Waals surface area contributed by atoms with E-state index < -0.39 is 0 Å². The van der Waals surface area contributed by atoms with Crippen LogP contribution >= 0.6 is 15.9 Å². The van der Waals surface area contributed by atoms with Crippen molar-refractivity contribution in [3.8, 4) is 5.75 Å². The quantitative estimate of drug-likeness (QED) is 0.661. The van der Waals surface area contributed by atoms with E-state index in [9.17, 15) is 4.79 Å². The molecule has 1 heterocycles. The van der Waals surface area contributed by atoms with Gasteiger partial charge in [0.05, 0.1) is 17.2 Å². The van der Waals surface area contributed by atoms with Gasteiger partial charge in [-0.15, -0.1) is 0 Å². The monoisotopic (exact) mass is 354 g/mol. The van der Waals surface area contributed by atoms with E-state index in [0.717, 1.165) is 48.1 Å². The Morgan fingerprint density at radius 3 is 2.95 bits per heavy atom. The van der Waals surface area contributed by atoms with E-state index in [4.69, 9.17) is 9.47 Å². The van der Waals surface area contributed by atoms with Gasteiger partial charge in [0.1, 0.15) is 5.75 Å². The van der Waals surface area contributed by atoms with Gasteiger partial charge in [-0.2, -0.15) is 0 Å². The Hall–Kier alpha value is -0.870. The van der Waals surface area contributed by atoms with Gasteiger partial charge in [-0.05, 0) is 66.2 Å². The van der Waals surface area contributed by atoms with E-state index >= 15 is 0 Å². The van der Waals surface area contributed by atoms with Gasteiger partial charge in [-0.1, -0.05) is 6.92 Å². The van der Waals surface area contributed by atoms with Crippen molar-refractivity contribution in [1.29, 1.82) is 0 Å². The van der Waals surface area contributed by atoms with Crippen molar-refractivity contribution in [2.24, 2.45) is 0 Å². The number of benzene rings is 1. The van der Waals surface area contributed by atoms with Crippen LogP contribution in [0.2, 0.25) is 0 Å². The van der Waals surface area contributed by atoms with Gasteiger partial charge in [0.15, 0.2) is 5.78 Å². The van der Waals surface area contributed by atoms with Crippen LogP contribution in [0, 0.1) is 0 Å². The summed E-state index contributed by atoms with van der Waals surface area (Å²) in [6.45, 7) is 3.60. The maximum absolute atomic E-state index is 12.2. The highest BCUT2D eigenvalue weighted by Crippen LogP contribution is 2.27. The second-order valence-corrected chi connectivity index (χ2v) is 6.30. The molecule has 0 amide bonds. The van der Waals surface area contributed by atoms with Crippen LogP contribution in [0.1, 0.15) is 55.8 Å². The average Bonchev–Trinajstić information content (AvgIpc) is 2.52. The van der Waals surface area contributed by atoms with Crippen molar-refractivity contribution < 1.29 is 14.3 Å². The molecule has 1 aliphatic rings. The van der Waals surface area contributed by atoms with Crippen molar-refractivity contribution in [2.75, 3.05) is 13.2 Å². The summed E-state index contributed by atoms with van der Waals surface area (Å²) < 4.78 is 12.1. The molecule has 0 N–H and O–H groups in total. The summed E-state index contributed by atoms with van der Waals surface area (Å²) in [5.41, 5.74) is 0.738. The normalized spacial score (nSPS) is 18.5. The molecule has 116 valence electrons. The predicted octanol–water partition coefficient (Wildman–Crippen LogP) is 4.77. The van der Waals surface area contributed by atoms with Crippen LogP contribution < -0.4 is 4.74 Å². The van der Waals surface area contributed by atoms with E-state index in [2.05, 4.69) is 22.9 Å². The topological polar surface area (TPSA) is 35.5 Å². The summed E-state index contributed by atoms with van der Waals surface area (Å²) in [6, 6.07) is 5.57. The lowest BCUT2D eigenvalue weighted by Crippen LogP contribution is -2.20. The fourth-order valence-corrected chi connectivity index (χ4v) is 2.97. The second-order valence-electron chi connectivity index (χ2n) is 5.44. The van der Waals surface area contributed by atoms with E-state index in [-0.39, 0.29) is 11.9 Å². The summed E-state index contributed by atoms with van der Waals surface area (Å²) in [6.07, 6.45) is 6.05. The number of carbonyl (C=O) groups excluding carboxylic acids is 1. The van der Waals surface area contributed by atoms with Crippen LogP contribution in [0.25, 0.3) is 0 Å². The van der Waals surface area contributed by atoms with Crippen molar-refractivity contribution >= 4 is 21.7 Å². The van der Waals surface area contributed by atoms with Crippen molar-refractivity contribution in [2.45, 2.75) is 51.6 Å². The predicted molar refractivity (Wildman–Crippen MR) is 87.1 cm³/mol. The number of carbonyl (C=O) groups is 1. The zero-order valence-corrected chi connectivity index (χ0v) is 14.2. The van der Waals surface area contributed by atoms with Gasteiger partial charge >= 0.3 is 0 Å². The highest BCUT2D eigenvalue weighted by atomic mass is 79.9. The van der Waals surface area contributed by atoms with Crippen LogP contribution in [0.4, 0.5) is 0 Å². The van der Waals surface area contributed by atoms with Gasteiger partial charge in [-0.25, -0.2) is 0 Å². The number of Topliss-reactive ketones (excluding diaryl/α,β-unsaturated/α-hetero) is 1. The third-order valence-corrected chi connectivity index (χ3v) is 4.30. The molecule has 0 saturated carbocycles. The van der Waals surface area contributed by atoms with E-state index in [1.165, 1.54) is 6.42 Å². The first-order valence-electron chi connectivity index (χ1n) is 7.78. The molecule has 0 aliphatic carbocycles. The standard InChI is InChI=1S/C17H23BrO3/c1-2-10-21-17-9-6-13(12-15(17)18)16(19)8-7-14-5-3-4-11-20-14/h6,9,12,14H,2-5,7-8,10-11H2,1H3. The van der Waals surface area contributed by atoms with Gasteiger partial charge in [0.25, 0.3) is 0 Å². The average molecular weight is 355 g/mol. The molecule has 1 aliphatic heterocycles. The minimum atomic E-state index is 0.173. The zero-order chi connectivity index (χ0) is 15.1. The highest BCUT2D eigenvalue weighted by Gasteiger charge is 2.16.